The van der Waals surface area contributed by atoms with Crippen LogP contribution in [0.5, 0.6) is 0 Å². The zero-order valence-electron chi connectivity index (χ0n) is 29.0. The van der Waals surface area contributed by atoms with Crippen LogP contribution in [0, 0.1) is 0 Å². The van der Waals surface area contributed by atoms with Crippen LogP contribution in [0.4, 0.5) is 0 Å². The quantitative estimate of drug-likeness (QED) is 0.142. The van der Waals surface area contributed by atoms with Crippen LogP contribution in [0.15, 0.2) is 194 Å². The molecular weight excluding hydrogens is 639 g/mol. The molecule has 1 nitrogen and oxygen atoms in total. The normalized spacial score (nSPS) is 11.8. The molecule has 10 aromatic carbocycles. The summed E-state index contributed by atoms with van der Waals surface area (Å²) in [6.07, 6.45) is 0. The molecule has 0 unspecified atom stereocenters. The molecule has 0 fully saturated rings. The lowest BCUT2D eigenvalue weighted by molar-refractivity contribution is 1.55. The first-order valence-corrected chi connectivity index (χ1v) is 18.4. The van der Waals surface area contributed by atoms with Crippen LogP contribution in [0.2, 0.25) is 0 Å². The minimum Gasteiger partial charge on any atom is -0.354 e. The van der Waals surface area contributed by atoms with Crippen molar-refractivity contribution in [3.05, 3.63) is 194 Å². The standard InChI is InChI=1S/C52H33N/c1-2-13-33(14-3-1)34-25-27-35(28-26-34)49-42-20-7-9-22-44(42)50(45-23-10-8-21-43(45)49)38-16-12-15-36(31-38)37-29-30-47-48(32-37)53-52-46-24-11-5-18-40(46)39-17-4-6-19-41(39)51(47)52/h1-32,53H. The van der Waals surface area contributed by atoms with E-state index in [-0.39, 0.29) is 0 Å². The number of nitrogens with one attached hydrogen (secondary N) is 1. The lowest BCUT2D eigenvalue weighted by Gasteiger charge is -2.18. The Morgan fingerprint density at radius 2 is 0.679 bits per heavy atom. The first-order chi connectivity index (χ1) is 26.3. The van der Waals surface area contributed by atoms with Crippen LogP contribution >= 0.6 is 0 Å². The molecule has 0 spiro atoms. The summed E-state index contributed by atoms with van der Waals surface area (Å²) in [4.78, 5) is 3.85. The van der Waals surface area contributed by atoms with Gasteiger partial charge in [0.15, 0.2) is 0 Å². The molecule has 0 aliphatic heterocycles. The van der Waals surface area contributed by atoms with Crippen LogP contribution in [-0.2, 0) is 0 Å². The molecule has 53 heavy (non-hydrogen) atoms. The van der Waals surface area contributed by atoms with E-state index in [0.29, 0.717) is 0 Å². The molecule has 11 aromatic rings. The first-order valence-electron chi connectivity index (χ1n) is 18.4. The molecule has 0 amide bonds. The van der Waals surface area contributed by atoms with E-state index in [1.807, 2.05) is 0 Å². The van der Waals surface area contributed by atoms with E-state index in [1.165, 1.54) is 104 Å². The molecule has 11 rings (SSSR count). The molecule has 1 N–H and O–H groups in total. The summed E-state index contributed by atoms with van der Waals surface area (Å²) in [5.74, 6) is 0. The van der Waals surface area contributed by atoms with Crippen molar-refractivity contribution in [1.82, 2.24) is 4.98 Å². The summed E-state index contributed by atoms with van der Waals surface area (Å²) in [6.45, 7) is 0. The van der Waals surface area contributed by atoms with Crippen LogP contribution < -0.4 is 0 Å². The Kier molecular flexibility index (Phi) is 6.62. The lowest BCUT2D eigenvalue weighted by Crippen LogP contribution is -1.91. The number of rotatable bonds is 4. The fourth-order valence-electron chi connectivity index (χ4n) is 8.80. The summed E-state index contributed by atoms with van der Waals surface area (Å²) in [5.41, 5.74) is 12.2. The summed E-state index contributed by atoms with van der Waals surface area (Å²) in [7, 11) is 0. The molecule has 0 atom stereocenters. The van der Waals surface area contributed by atoms with E-state index in [4.69, 9.17) is 0 Å². The number of fused-ring (bicyclic) bond motifs is 10. The summed E-state index contributed by atoms with van der Waals surface area (Å²) in [6, 6.07) is 71.1. The zero-order chi connectivity index (χ0) is 34.9. The third-order valence-corrected chi connectivity index (χ3v) is 11.2. The van der Waals surface area contributed by atoms with Gasteiger partial charge in [-0.15, -0.1) is 0 Å². The van der Waals surface area contributed by atoms with Gasteiger partial charge in [0.05, 0.1) is 5.52 Å². The van der Waals surface area contributed by atoms with Crippen molar-refractivity contribution in [1.29, 1.82) is 0 Å². The van der Waals surface area contributed by atoms with Crippen molar-refractivity contribution in [2.45, 2.75) is 0 Å². The predicted octanol–water partition coefficient (Wildman–Crippen LogP) is 14.6. The van der Waals surface area contributed by atoms with Crippen molar-refractivity contribution in [3.8, 4) is 44.5 Å². The Balaban J connectivity index is 1.08. The van der Waals surface area contributed by atoms with Crippen LogP contribution in [0.25, 0.3) is 109 Å². The monoisotopic (exact) mass is 671 g/mol. The highest BCUT2D eigenvalue weighted by Gasteiger charge is 2.18. The van der Waals surface area contributed by atoms with Crippen LogP contribution in [0.1, 0.15) is 0 Å². The molecule has 0 bridgehead atoms. The van der Waals surface area contributed by atoms with Crippen molar-refractivity contribution in [2.75, 3.05) is 0 Å². The number of hydrogen-bond acceptors (Lipinski definition) is 0. The molecule has 0 radical (unpaired) electrons. The molecule has 1 heterocycles. The Labute approximate surface area is 307 Å². The largest absolute Gasteiger partial charge is 0.354 e. The number of aromatic nitrogens is 1. The summed E-state index contributed by atoms with van der Waals surface area (Å²) >= 11 is 0. The second kappa shape index (κ2) is 11.8. The molecule has 1 aromatic heterocycles. The van der Waals surface area contributed by atoms with E-state index >= 15 is 0 Å². The molecule has 1 heteroatoms. The van der Waals surface area contributed by atoms with Crippen molar-refractivity contribution in [2.24, 2.45) is 0 Å². The van der Waals surface area contributed by atoms with Gasteiger partial charge >= 0.3 is 0 Å². The van der Waals surface area contributed by atoms with Gasteiger partial charge in [-0.25, -0.2) is 0 Å². The Morgan fingerprint density at radius 1 is 0.245 bits per heavy atom. The maximum Gasteiger partial charge on any atom is 0.0551 e. The minimum absolute atomic E-state index is 1.16. The Bertz CT molecular complexity index is 3150. The number of H-pyrrole nitrogens is 1. The Morgan fingerprint density at radius 3 is 1.34 bits per heavy atom. The highest BCUT2D eigenvalue weighted by Crippen LogP contribution is 2.45. The predicted molar refractivity (Wildman–Crippen MR) is 228 cm³/mol. The van der Waals surface area contributed by atoms with E-state index in [0.717, 1.165) is 5.52 Å². The topological polar surface area (TPSA) is 15.8 Å². The van der Waals surface area contributed by atoms with Gasteiger partial charge in [0.25, 0.3) is 0 Å². The van der Waals surface area contributed by atoms with E-state index in [2.05, 4.69) is 199 Å². The average molecular weight is 672 g/mol. The smallest absolute Gasteiger partial charge is 0.0551 e. The highest BCUT2D eigenvalue weighted by atomic mass is 14.7. The average Bonchev–Trinajstić information content (AvgIpc) is 3.63. The van der Waals surface area contributed by atoms with Crippen molar-refractivity contribution in [3.63, 3.8) is 0 Å². The SMILES string of the molecule is c1ccc(-c2ccc(-c3c4ccccc4c(-c4cccc(-c5ccc6c(c5)[nH]c5c7ccccc7c7ccccc7c65)c4)c4ccccc34)cc2)cc1. The fourth-order valence-corrected chi connectivity index (χ4v) is 8.80. The van der Waals surface area contributed by atoms with Gasteiger partial charge in [-0.2, -0.15) is 0 Å². The van der Waals surface area contributed by atoms with Crippen LogP contribution in [0.3, 0.4) is 0 Å². The molecule has 0 aliphatic carbocycles. The van der Waals surface area contributed by atoms with E-state index < -0.39 is 0 Å². The maximum atomic E-state index is 3.85. The number of aromatic amines is 1. The molecule has 0 aliphatic rings. The number of benzene rings is 10. The molecule has 246 valence electrons. The van der Waals surface area contributed by atoms with E-state index in [1.54, 1.807) is 0 Å². The lowest BCUT2D eigenvalue weighted by atomic mass is 9.85. The van der Waals surface area contributed by atoms with Crippen LogP contribution in [-0.4, -0.2) is 4.98 Å². The van der Waals surface area contributed by atoms with Gasteiger partial charge in [-0.1, -0.05) is 182 Å². The summed E-state index contributed by atoms with van der Waals surface area (Å²) < 4.78 is 0. The van der Waals surface area contributed by atoms with Gasteiger partial charge in [-0.05, 0) is 94.3 Å². The summed E-state index contributed by atoms with van der Waals surface area (Å²) in [5, 5.41) is 12.7. The molecular formula is C52H33N. The van der Waals surface area contributed by atoms with Gasteiger partial charge < -0.3 is 4.98 Å². The Hall–Kier alpha value is -6.96. The highest BCUT2D eigenvalue weighted by molar-refractivity contribution is 6.31. The van der Waals surface area contributed by atoms with Crippen molar-refractivity contribution < 1.29 is 0 Å². The molecule has 0 saturated carbocycles. The first kappa shape index (κ1) is 29.7. The van der Waals surface area contributed by atoms with Gasteiger partial charge in [0.2, 0.25) is 0 Å². The second-order valence-corrected chi connectivity index (χ2v) is 14.1. The third kappa shape index (κ3) is 4.64. The molecule has 0 saturated heterocycles. The zero-order valence-corrected chi connectivity index (χ0v) is 29.0. The van der Waals surface area contributed by atoms with Crippen molar-refractivity contribution >= 4 is 64.9 Å². The van der Waals surface area contributed by atoms with Gasteiger partial charge in [0.1, 0.15) is 0 Å². The fraction of sp³-hybridized carbons (Fsp3) is 0. The van der Waals surface area contributed by atoms with Gasteiger partial charge in [0, 0.05) is 21.7 Å². The number of hydrogen-bond donors (Lipinski definition) is 1. The van der Waals surface area contributed by atoms with E-state index in [9.17, 15) is 0 Å². The third-order valence-electron chi connectivity index (χ3n) is 11.2. The minimum atomic E-state index is 1.16. The maximum absolute atomic E-state index is 3.85. The van der Waals surface area contributed by atoms with Gasteiger partial charge in [-0.3, -0.25) is 0 Å². The second-order valence-electron chi connectivity index (χ2n) is 14.1.